The topological polar surface area (TPSA) is 46.9 Å². The fourth-order valence-corrected chi connectivity index (χ4v) is 3.83. The normalized spacial score (nSPS) is 11.3. The van der Waals surface area contributed by atoms with Gasteiger partial charge in [-0.15, -0.1) is 11.3 Å². The van der Waals surface area contributed by atoms with E-state index in [1.807, 2.05) is 49.9 Å². The van der Waals surface area contributed by atoms with Crippen LogP contribution in [0.3, 0.4) is 0 Å². The lowest BCUT2D eigenvalue weighted by atomic mass is 10.1. The molecule has 0 aromatic carbocycles. The van der Waals surface area contributed by atoms with E-state index in [0.29, 0.717) is 4.88 Å². The maximum Gasteiger partial charge on any atom is 0.263 e. The molecule has 1 N–H and O–H groups in total. The molecule has 22 heavy (non-hydrogen) atoms. The molecule has 0 saturated carbocycles. The van der Waals surface area contributed by atoms with E-state index in [9.17, 15) is 4.79 Å². The molecule has 0 aliphatic rings. The number of hydrogen-bond acceptors (Lipinski definition) is 3. The Kier molecular flexibility index (Phi) is 3.74. The highest BCUT2D eigenvalue weighted by Crippen LogP contribution is 2.35. The van der Waals surface area contributed by atoms with Crippen LogP contribution in [0.2, 0.25) is 0 Å². The summed E-state index contributed by atoms with van der Waals surface area (Å²) in [5, 5.41) is 4.04. The lowest BCUT2D eigenvalue weighted by Gasteiger charge is -2.10. The molecule has 1 amide bonds. The van der Waals surface area contributed by atoms with Crippen LogP contribution >= 0.6 is 11.3 Å². The first-order valence-electron chi connectivity index (χ1n) is 7.32. The van der Waals surface area contributed by atoms with Gasteiger partial charge in [-0.05, 0) is 51.5 Å². The fourth-order valence-electron chi connectivity index (χ4n) is 2.63. The summed E-state index contributed by atoms with van der Waals surface area (Å²) in [5.74, 6) is -0.0428. The smallest absolute Gasteiger partial charge is 0.263 e. The predicted molar refractivity (Wildman–Crippen MR) is 91.0 cm³/mol. The van der Waals surface area contributed by atoms with Crippen molar-refractivity contribution in [3.05, 3.63) is 46.7 Å². The molecule has 0 fully saturated rings. The van der Waals surface area contributed by atoms with Crippen LogP contribution in [-0.2, 0) is 0 Å². The van der Waals surface area contributed by atoms with Gasteiger partial charge in [-0.3, -0.25) is 4.79 Å². The second-order valence-corrected chi connectivity index (χ2v) is 6.76. The van der Waals surface area contributed by atoms with Crippen LogP contribution < -0.4 is 5.32 Å². The standard InChI is InChI=1S/C17H19N3OS/c1-10(2)18-16(21)15-14(20-7-5-6-8-20)13-11(3)9-12(4)19-17(13)22-15/h5-10H,1-4H3,(H,18,21). The number of aromatic nitrogens is 2. The minimum absolute atomic E-state index is 0.0428. The highest BCUT2D eigenvalue weighted by atomic mass is 32.1. The number of nitrogens with zero attached hydrogens (tertiary/aromatic N) is 2. The van der Waals surface area contributed by atoms with Gasteiger partial charge in [0.15, 0.2) is 0 Å². The SMILES string of the molecule is Cc1cc(C)c2c(-n3cccc3)c(C(=O)NC(C)C)sc2n1. The van der Waals surface area contributed by atoms with E-state index in [-0.39, 0.29) is 11.9 Å². The van der Waals surface area contributed by atoms with E-state index >= 15 is 0 Å². The average molecular weight is 313 g/mol. The Hall–Kier alpha value is -2.14. The molecule has 0 aliphatic heterocycles. The summed E-state index contributed by atoms with van der Waals surface area (Å²) in [7, 11) is 0. The number of carbonyl (C=O) groups excluding carboxylic acids is 1. The summed E-state index contributed by atoms with van der Waals surface area (Å²) in [6, 6.07) is 6.09. The second kappa shape index (κ2) is 5.57. The average Bonchev–Trinajstić information content (AvgIpc) is 3.02. The highest BCUT2D eigenvalue weighted by Gasteiger charge is 2.22. The summed E-state index contributed by atoms with van der Waals surface area (Å²) in [6.45, 7) is 7.98. The van der Waals surface area contributed by atoms with Gasteiger partial charge >= 0.3 is 0 Å². The molecule has 5 heteroatoms. The summed E-state index contributed by atoms with van der Waals surface area (Å²) >= 11 is 1.46. The van der Waals surface area contributed by atoms with Crippen molar-refractivity contribution in [1.82, 2.24) is 14.9 Å². The van der Waals surface area contributed by atoms with Gasteiger partial charge in [-0.2, -0.15) is 0 Å². The molecule has 3 aromatic heterocycles. The van der Waals surface area contributed by atoms with Crippen molar-refractivity contribution in [1.29, 1.82) is 0 Å². The zero-order valence-corrected chi connectivity index (χ0v) is 14.0. The molecule has 3 aromatic rings. The van der Waals surface area contributed by atoms with E-state index < -0.39 is 0 Å². The van der Waals surface area contributed by atoms with Crippen molar-refractivity contribution in [3.63, 3.8) is 0 Å². The molecule has 0 spiro atoms. The van der Waals surface area contributed by atoms with Gasteiger partial charge in [0.25, 0.3) is 5.91 Å². The van der Waals surface area contributed by atoms with Gasteiger partial charge in [-0.1, -0.05) is 0 Å². The van der Waals surface area contributed by atoms with Crippen molar-refractivity contribution in [3.8, 4) is 5.69 Å². The van der Waals surface area contributed by atoms with Crippen LogP contribution in [0.1, 0.15) is 34.8 Å². The number of nitrogens with one attached hydrogen (secondary N) is 1. The Labute approximate surface area is 133 Å². The summed E-state index contributed by atoms with van der Waals surface area (Å²) in [4.78, 5) is 18.8. The molecule has 3 rings (SSSR count). The zero-order valence-electron chi connectivity index (χ0n) is 13.2. The second-order valence-electron chi connectivity index (χ2n) is 5.76. The van der Waals surface area contributed by atoms with E-state index in [0.717, 1.165) is 27.2 Å². The first kappa shape index (κ1) is 14.8. The minimum atomic E-state index is -0.0428. The first-order valence-corrected chi connectivity index (χ1v) is 8.14. The van der Waals surface area contributed by atoms with Gasteiger partial charge < -0.3 is 9.88 Å². The monoisotopic (exact) mass is 313 g/mol. The summed E-state index contributed by atoms with van der Waals surface area (Å²) in [6.07, 6.45) is 3.93. The van der Waals surface area contributed by atoms with Gasteiger partial charge in [-0.25, -0.2) is 4.98 Å². The highest BCUT2D eigenvalue weighted by molar-refractivity contribution is 7.21. The van der Waals surface area contributed by atoms with Gasteiger partial charge in [0.2, 0.25) is 0 Å². The molecule has 3 heterocycles. The number of rotatable bonds is 3. The van der Waals surface area contributed by atoms with Gasteiger partial charge in [0.05, 0.1) is 5.69 Å². The number of amides is 1. The van der Waals surface area contributed by atoms with Crippen LogP contribution in [-0.4, -0.2) is 21.5 Å². The first-order chi connectivity index (χ1) is 10.5. The van der Waals surface area contributed by atoms with Crippen LogP contribution in [0.25, 0.3) is 15.9 Å². The number of thiophene rings is 1. The molecular formula is C17H19N3OS. The molecule has 0 radical (unpaired) electrons. The maximum atomic E-state index is 12.6. The summed E-state index contributed by atoms with van der Waals surface area (Å²) in [5.41, 5.74) is 3.04. The fraction of sp³-hybridized carbons (Fsp3) is 0.294. The largest absolute Gasteiger partial charge is 0.349 e. The van der Waals surface area contributed by atoms with Crippen molar-refractivity contribution < 1.29 is 4.79 Å². The third-order valence-corrected chi connectivity index (χ3v) is 4.52. The Bertz CT molecular complexity index is 831. The molecule has 114 valence electrons. The van der Waals surface area contributed by atoms with Gasteiger partial charge in [0, 0.05) is 29.5 Å². The van der Waals surface area contributed by atoms with Crippen molar-refractivity contribution >= 4 is 27.5 Å². The van der Waals surface area contributed by atoms with E-state index in [1.165, 1.54) is 11.3 Å². The zero-order chi connectivity index (χ0) is 15.9. The molecule has 4 nitrogen and oxygen atoms in total. The number of fused-ring (bicyclic) bond motifs is 1. The number of aryl methyl sites for hydroxylation is 2. The van der Waals surface area contributed by atoms with Crippen LogP contribution in [0.4, 0.5) is 0 Å². The van der Waals surface area contributed by atoms with Crippen LogP contribution in [0, 0.1) is 13.8 Å². The molecule has 0 bridgehead atoms. The quantitative estimate of drug-likeness (QED) is 0.798. The van der Waals surface area contributed by atoms with Crippen molar-refractivity contribution in [2.24, 2.45) is 0 Å². The third kappa shape index (κ3) is 2.52. The van der Waals surface area contributed by atoms with E-state index in [1.54, 1.807) is 0 Å². The van der Waals surface area contributed by atoms with Crippen molar-refractivity contribution in [2.75, 3.05) is 0 Å². The Morgan fingerprint density at radius 3 is 2.59 bits per heavy atom. The lowest BCUT2D eigenvalue weighted by molar-refractivity contribution is 0.0947. The Morgan fingerprint density at radius 2 is 1.95 bits per heavy atom. The van der Waals surface area contributed by atoms with Crippen molar-refractivity contribution in [2.45, 2.75) is 33.7 Å². The predicted octanol–water partition coefficient (Wildman–Crippen LogP) is 3.84. The lowest BCUT2D eigenvalue weighted by Crippen LogP contribution is -2.30. The molecule has 0 saturated heterocycles. The van der Waals surface area contributed by atoms with E-state index in [4.69, 9.17) is 0 Å². The Balaban J connectivity index is 2.29. The van der Waals surface area contributed by atoms with Gasteiger partial charge in [0.1, 0.15) is 9.71 Å². The number of carbonyl (C=O) groups is 1. The number of hydrogen-bond donors (Lipinski definition) is 1. The Morgan fingerprint density at radius 1 is 1.27 bits per heavy atom. The molecular weight excluding hydrogens is 294 g/mol. The van der Waals surface area contributed by atoms with E-state index in [2.05, 4.69) is 23.3 Å². The minimum Gasteiger partial charge on any atom is -0.349 e. The van der Waals surface area contributed by atoms with Crippen LogP contribution in [0.5, 0.6) is 0 Å². The third-order valence-electron chi connectivity index (χ3n) is 3.45. The van der Waals surface area contributed by atoms with Crippen LogP contribution in [0.15, 0.2) is 30.6 Å². The maximum absolute atomic E-state index is 12.6. The molecule has 0 atom stereocenters. The molecule has 0 aliphatic carbocycles. The number of pyridine rings is 1. The summed E-state index contributed by atoms with van der Waals surface area (Å²) < 4.78 is 2.00. The molecule has 0 unspecified atom stereocenters.